The molecule has 0 spiro atoms. The molecule has 0 radical (unpaired) electrons. The number of ether oxygens (including phenoxy) is 1. The molecule has 1 rings (SSSR count). The van der Waals surface area contributed by atoms with Gasteiger partial charge in [-0.1, -0.05) is 19.1 Å². The number of amides is 2. The minimum atomic E-state index is -0.929. The van der Waals surface area contributed by atoms with Crippen LogP contribution >= 0.6 is 11.8 Å². The smallest absolute Gasteiger partial charge is 0.314 e. The molecule has 0 aliphatic carbocycles. The van der Waals surface area contributed by atoms with Gasteiger partial charge in [0.2, 0.25) is 0 Å². The van der Waals surface area contributed by atoms with Gasteiger partial charge in [0.15, 0.2) is 0 Å². The van der Waals surface area contributed by atoms with Gasteiger partial charge >= 0.3 is 12.0 Å². The summed E-state index contributed by atoms with van der Waals surface area (Å²) in [5.74, 6) is 1.04. The van der Waals surface area contributed by atoms with E-state index in [2.05, 4.69) is 10.6 Å². The Balaban J connectivity index is 2.24. The van der Waals surface area contributed by atoms with E-state index in [4.69, 9.17) is 9.84 Å². The van der Waals surface area contributed by atoms with Crippen molar-refractivity contribution in [3.63, 3.8) is 0 Å². The van der Waals surface area contributed by atoms with Crippen LogP contribution in [0.4, 0.5) is 4.79 Å². The zero-order valence-electron chi connectivity index (χ0n) is 12.8. The number of carboxylic acids is 1. The number of methoxy groups -OCH3 is 1. The van der Waals surface area contributed by atoms with Crippen LogP contribution in [-0.2, 0) is 4.79 Å². The van der Waals surface area contributed by atoms with E-state index in [-0.39, 0.29) is 24.9 Å². The number of hydrogen-bond donors (Lipinski definition) is 3. The number of aliphatic carboxylic acids is 1. The third kappa shape index (κ3) is 7.21. The second-order valence-electron chi connectivity index (χ2n) is 4.85. The second-order valence-corrected chi connectivity index (χ2v) is 5.91. The van der Waals surface area contributed by atoms with Crippen molar-refractivity contribution in [2.45, 2.75) is 18.2 Å². The van der Waals surface area contributed by atoms with Crippen LogP contribution in [-0.4, -0.2) is 43.1 Å². The summed E-state index contributed by atoms with van der Waals surface area (Å²) < 4.78 is 5.29. The lowest BCUT2D eigenvalue weighted by Gasteiger charge is -2.14. The molecule has 2 amide bonds. The average Bonchev–Trinajstić information content (AvgIpc) is 2.50. The standard InChI is InChI=1S/C15H22N2O4S/c1-11(9-17-15(20)16-8-7-14(18)19)10-22-13-6-4-3-5-12(13)21-2/h3-6,11H,7-10H2,1-2H3,(H,18,19)(H2,16,17,20). The normalized spacial score (nSPS) is 11.5. The van der Waals surface area contributed by atoms with Gasteiger partial charge in [-0.05, 0) is 18.1 Å². The lowest BCUT2D eigenvalue weighted by Crippen LogP contribution is -2.39. The van der Waals surface area contributed by atoms with E-state index in [0.717, 1.165) is 16.4 Å². The summed E-state index contributed by atoms with van der Waals surface area (Å²) in [7, 11) is 1.64. The number of carbonyl (C=O) groups is 2. The summed E-state index contributed by atoms with van der Waals surface area (Å²) >= 11 is 1.68. The number of hydrogen-bond acceptors (Lipinski definition) is 4. The molecule has 1 atom stereocenters. The van der Waals surface area contributed by atoms with E-state index in [1.165, 1.54) is 0 Å². The lowest BCUT2D eigenvalue weighted by atomic mass is 10.2. The molecule has 1 unspecified atom stereocenters. The first-order valence-corrected chi connectivity index (χ1v) is 8.00. The summed E-state index contributed by atoms with van der Waals surface area (Å²) in [6.45, 7) is 2.70. The average molecular weight is 326 g/mol. The van der Waals surface area contributed by atoms with Crippen LogP contribution in [0.5, 0.6) is 5.75 Å². The van der Waals surface area contributed by atoms with Gasteiger partial charge in [0.05, 0.1) is 13.5 Å². The Morgan fingerprint density at radius 3 is 2.73 bits per heavy atom. The van der Waals surface area contributed by atoms with Crippen LogP contribution in [0.15, 0.2) is 29.2 Å². The minimum absolute atomic E-state index is 0.0768. The molecule has 0 heterocycles. The van der Waals surface area contributed by atoms with Crippen molar-refractivity contribution in [3.8, 4) is 5.75 Å². The highest BCUT2D eigenvalue weighted by atomic mass is 32.2. The zero-order chi connectivity index (χ0) is 16.4. The Hall–Kier alpha value is -1.89. The molecule has 6 nitrogen and oxygen atoms in total. The molecule has 1 aromatic carbocycles. The van der Waals surface area contributed by atoms with Gasteiger partial charge in [-0.2, -0.15) is 0 Å². The Kier molecular flexibility index (Phi) is 8.21. The molecule has 1 aromatic rings. The van der Waals surface area contributed by atoms with E-state index < -0.39 is 5.97 Å². The number of benzene rings is 1. The molecule has 0 aliphatic rings. The number of carboxylic acid groups (broad SMARTS) is 1. The molecule has 0 saturated carbocycles. The number of nitrogens with one attached hydrogen (secondary N) is 2. The van der Waals surface area contributed by atoms with Crippen molar-refractivity contribution in [1.29, 1.82) is 0 Å². The summed E-state index contributed by atoms with van der Waals surface area (Å²) in [6.07, 6.45) is -0.0768. The number of carbonyl (C=O) groups excluding carboxylic acids is 1. The van der Waals surface area contributed by atoms with Crippen LogP contribution in [0.2, 0.25) is 0 Å². The van der Waals surface area contributed by atoms with Crippen molar-refractivity contribution in [3.05, 3.63) is 24.3 Å². The Labute approximate surface area is 134 Å². The molecule has 0 aliphatic heterocycles. The first kappa shape index (κ1) is 18.2. The second kappa shape index (κ2) is 9.94. The molecule has 0 aromatic heterocycles. The quantitative estimate of drug-likeness (QED) is 0.606. The van der Waals surface area contributed by atoms with Crippen LogP contribution in [0, 0.1) is 5.92 Å². The van der Waals surface area contributed by atoms with Gasteiger partial charge in [-0.3, -0.25) is 4.79 Å². The van der Waals surface area contributed by atoms with E-state index in [9.17, 15) is 9.59 Å². The molecule has 7 heteroatoms. The Morgan fingerprint density at radius 1 is 1.32 bits per heavy atom. The SMILES string of the molecule is COc1ccccc1SCC(C)CNC(=O)NCCC(=O)O. The fourth-order valence-electron chi connectivity index (χ4n) is 1.64. The van der Waals surface area contributed by atoms with Crippen LogP contribution in [0.3, 0.4) is 0 Å². The largest absolute Gasteiger partial charge is 0.496 e. The maximum atomic E-state index is 11.5. The fraction of sp³-hybridized carbons (Fsp3) is 0.467. The zero-order valence-corrected chi connectivity index (χ0v) is 13.6. The van der Waals surface area contributed by atoms with Gasteiger partial charge in [0.25, 0.3) is 0 Å². The highest BCUT2D eigenvalue weighted by Gasteiger charge is 2.08. The molecule has 122 valence electrons. The summed E-state index contributed by atoms with van der Waals surface area (Å²) in [5.41, 5.74) is 0. The molecule has 0 fully saturated rings. The summed E-state index contributed by atoms with van der Waals surface area (Å²) in [6, 6.07) is 7.47. The monoisotopic (exact) mass is 326 g/mol. The number of para-hydroxylation sites is 1. The maximum absolute atomic E-state index is 11.5. The highest BCUT2D eigenvalue weighted by molar-refractivity contribution is 7.99. The van der Waals surface area contributed by atoms with E-state index in [0.29, 0.717) is 6.54 Å². The van der Waals surface area contributed by atoms with E-state index >= 15 is 0 Å². The summed E-state index contributed by atoms with van der Waals surface area (Å²) in [4.78, 5) is 22.9. The highest BCUT2D eigenvalue weighted by Crippen LogP contribution is 2.29. The Bertz CT molecular complexity index is 496. The van der Waals surface area contributed by atoms with Crippen LogP contribution in [0.25, 0.3) is 0 Å². The van der Waals surface area contributed by atoms with Gasteiger partial charge in [0.1, 0.15) is 5.75 Å². The predicted molar refractivity (Wildman–Crippen MR) is 86.5 cm³/mol. The topological polar surface area (TPSA) is 87.7 Å². The van der Waals surface area contributed by atoms with Crippen molar-refractivity contribution >= 4 is 23.8 Å². The number of thioether (sulfide) groups is 1. The van der Waals surface area contributed by atoms with Gasteiger partial charge < -0.3 is 20.5 Å². The molecule has 0 bridgehead atoms. The van der Waals surface area contributed by atoms with Crippen molar-refractivity contribution in [2.75, 3.05) is 26.0 Å². The fourth-order valence-corrected chi connectivity index (χ4v) is 2.69. The van der Waals surface area contributed by atoms with Crippen molar-refractivity contribution < 1.29 is 19.4 Å². The molecular weight excluding hydrogens is 304 g/mol. The Morgan fingerprint density at radius 2 is 2.05 bits per heavy atom. The van der Waals surface area contributed by atoms with Gasteiger partial charge in [-0.15, -0.1) is 11.8 Å². The lowest BCUT2D eigenvalue weighted by molar-refractivity contribution is -0.136. The van der Waals surface area contributed by atoms with E-state index in [1.807, 2.05) is 31.2 Å². The van der Waals surface area contributed by atoms with Crippen LogP contribution in [0.1, 0.15) is 13.3 Å². The third-order valence-electron chi connectivity index (χ3n) is 2.83. The maximum Gasteiger partial charge on any atom is 0.314 e. The minimum Gasteiger partial charge on any atom is -0.496 e. The molecular formula is C15H22N2O4S. The first-order chi connectivity index (χ1) is 10.5. The van der Waals surface area contributed by atoms with Crippen molar-refractivity contribution in [2.24, 2.45) is 5.92 Å². The molecule has 0 saturated heterocycles. The first-order valence-electron chi connectivity index (χ1n) is 7.02. The number of rotatable bonds is 9. The van der Waals surface area contributed by atoms with Crippen LogP contribution < -0.4 is 15.4 Å². The predicted octanol–water partition coefficient (Wildman–Crippen LogP) is 2.20. The molecule has 22 heavy (non-hydrogen) atoms. The molecule has 3 N–H and O–H groups in total. The van der Waals surface area contributed by atoms with E-state index in [1.54, 1.807) is 18.9 Å². The summed E-state index contributed by atoms with van der Waals surface area (Å²) in [5, 5.41) is 13.7. The van der Waals surface area contributed by atoms with Gasteiger partial charge in [-0.25, -0.2) is 4.79 Å². The third-order valence-corrected chi connectivity index (χ3v) is 4.21. The van der Waals surface area contributed by atoms with Crippen molar-refractivity contribution in [1.82, 2.24) is 10.6 Å². The van der Waals surface area contributed by atoms with Gasteiger partial charge in [0, 0.05) is 23.7 Å². The number of urea groups is 1.